The van der Waals surface area contributed by atoms with Gasteiger partial charge in [0.15, 0.2) is 0 Å². The summed E-state index contributed by atoms with van der Waals surface area (Å²) in [5, 5.41) is 11.7. The highest BCUT2D eigenvalue weighted by atomic mass is 19.1. The maximum atomic E-state index is 13.1. The van der Waals surface area contributed by atoms with E-state index in [4.69, 9.17) is 10.00 Å². The van der Waals surface area contributed by atoms with Gasteiger partial charge < -0.3 is 10.1 Å². The number of anilines is 1. The van der Waals surface area contributed by atoms with Gasteiger partial charge in [-0.05, 0) is 32.0 Å². The van der Waals surface area contributed by atoms with Gasteiger partial charge in [-0.1, -0.05) is 0 Å². The molecule has 4 heteroatoms. The molecule has 0 radical (unpaired) electrons. The summed E-state index contributed by atoms with van der Waals surface area (Å²) in [6.45, 7) is 4.38. The molecule has 0 atom stereocenters. The van der Waals surface area contributed by atoms with Gasteiger partial charge in [0.25, 0.3) is 0 Å². The molecule has 1 N–H and O–H groups in total. The summed E-state index contributed by atoms with van der Waals surface area (Å²) in [6.07, 6.45) is 0. The summed E-state index contributed by atoms with van der Waals surface area (Å²) in [5.41, 5.74) is 0.554. The van der Waals surface area contributed by atoms with Gasteiger partial charge >= 0.3 is 0 Å². The molecule has 0 saturated heterocycles. The third-order valence-corrected chi connectivity index (χ3v) is 2.30. The van der Waals surface area contributed by atoms with Crippen molar-refractivity contribution in [2.45, 2.75) is 19.4 Å². The van der Waals surface area contributed by atoms with Crippen molar-refractivity contribution in [2.75, 3.05) is 19.0 Å². The molecule has 0 spiro atoms. The van der Waals surface area contributed by atoms with Crippen molar-refractivity contribution in [3.63, 3.8) is 0 Å². The first-order valence-electron chi connectivity index (χ1n) is 4.96. The first-order chi connectivity index (χ1) is 7.46. The second-order valence-corrected chi connectivity index (χ2v) is 4.16. The van der Waals surface area contributed by atoms with Crippen LogP contribution in [0.1, 0.15) is 19.4 Å². The average Bonchev–Trinajstić information content (AvgIpc) is 2.26. The Hall–Kier alpha value is -1.60. The van der Waals surface area contributed by atoms with Crippen LogP contribution in [0, 0.1) is 17.1 Å². The Balaban J connectivity index is 2.75. The van der Waals surface area contributed by atoms with Gasteiger partial charge in [0.1, 0.15) is 5.82 Å². The van der Waals surface area contributed by atoms with Gasteiger partial charge in [0.05, 0.1) is 17.2 Å². The van der Waals surface area contributed by atoms with E-state index >= 15 is 0 Å². The van der Waals surface area contributed by atoms with Gasteiger partial charge in [0.2, 0.25) is 0 Å². The van der Waals surface area contributed by atoms with E-state index in [9.17, 15) is 4.39 Å². The number of nitrogens with one attached hydrogen (secondary N) is 1. The zero-order valence-corrected chi connectivity index (χ0v) is 9.67. The van der Waals surface area contributed by atoms with E-state index in [-0.39, 0.29) is 5.60 Å². The van der Waals surface area contributed by atoms with Gasteiger partial charge in [-0.15, -0.1) is 0 Å². The number of methoxy groups -OCH3 is 1. The third-order valence-electron chi connectivity index (χ3n) is 2.30. The van der Waals surface area contributed by atoms with E-state index in [0.717, 1.165) is 0 Å². The number of nitrogens with zero attached hydrogens (tertiary/aromatic N) is 1. The van der Waals surface area contributed by atoms with Crippen molar-refractivity contribution in [3.8, 4) is 6.07 Å². The van der Waals surface area contributed by atoms with E-state index < -0.39 is 5.82 Å². The fraction of sp³-hybridized carbons (Fsp3) is 0.417. The Labute approximate surface area is 94.8 Å². The van der Waals surface area contributed by atoms with E-state index in [1.165, 1.54) is 12.1 Å². The highest BCUT2D eigenvalue weighted by Crippen LogP contribution is 2.15. The Morgan fingerprint density at radius 3 is 2.69 bits per heavy atom. The van der Waals surface area contributed by atoms with Crippen LogP contribution in [0.4, 0.5) is 10.1 Å². The molecule has 86 valence electrons. The van der Waals surface area contributed by atoms with Gasteiger partial charge in [-0.2, -0.15) is 5.26 Å². The lowest BCUT2D eigenvalue weighted by Crippen LogP contribution is -2.32. The maximum Gasteiger partial charge on any atom is 0.126 e. The van der Waals surface area contributed by atoms with E-state index in [1.807, 2.05) is 19.9 Å². The molecule has 1 aromatic carbocycles. The Morgan fingerprint density at radius 1 is 1.44 bits per heavy atom. The van der Waals surface area contributed by atoms with Crippen LogP contribution in [-0.2, 0) is 4.74 Å². The Bertz CT molecular complexity index is 410. The number of nitriles is 1. The van der Waals surface area contributed by atoms with Crippen LogP contribution in [-0.4, -0.2) is 19.3 Å². The van der Waals surface area contributed by atoms with Crippen molar-refractivity contribution in [3.05, 3.63) is 29.6 Å². The fourth-order valence-corrected chi connectivity index (χ4v) is 1.14. The van der Waals surface area contributed by atoms with Crippen LogP contribution in [0.25, 0.3) is 0 Å². The Kier molecular flexibility index (Phi) is 3.86. The van der Waals surface area contributed by atoms with E-state index in [1.54, 1.807) is 13.2 Å². The zero-order chi connectivity index (χ0) is 12.2. The number of ether oxygens (including phenoxy) is 1. The number of rotatable bonds is 4. The summed E-state index contributed by atoms with van der Waals surface area (Å²) >= 11 is 0. The molecule has 0 aromatic heterocycles. The third kappa shape index (κ3) is 3.52. The minimum Gasteiger partial charge on any atom is -0.382 e. The molecule has 0 aliphatic rings. The molecule has 0 aliphatic carbocycles. The second-order valence-electron chi connectivity index (χ2n) is 4.16. The summed E-state index contributed by atoms with van der Waals surface area (Å²) in [6, 6.07) is 6.07. The topological polar surface area (TPSA) is 45.0 Å². The summed E-state index contributed by atoms with van der Waals surface area (Å²) in [5.74, 6) is -0.420. The monoisotopic (exact) mass is 222 g/mol. The van der Waals surface area contributed by atoms with Crippen molar-refractivity contribution in [1.82, 2.24) is 0 Å². The number of benzene rings is 1. The molecule has 16 heavy (non-hydrogen) atoms. The van der Waals surface area contributed by atoms with E-state index in [0.29, 0.717) is 17.8 Å². The number of halogens is 1. The summed E-state index contributed by atoms with van der Waals surface area (Å²) in [4.78, 5) is 0. The lowest BCUT2D eigenvalue weighted by Gasteiger charge is -2.23. The van der Waals surface area contributed by atoms with Crippen LogP contribution in [0.3, 0.4) is 0 Å². The molecule has 0 amide bonds. The smallest absolute Gasteiger partial charge is 0.126 e. The highest BCUT2D eigenvalue weighted by Gasteiger charge is 2.15. The molecule has 0 bridgehead atoms. The molecule has 0 saturated carbocycles. The minimum atomic E-state index is -0.420. The number of hydrogen-bond acceptors (Lipinski definition) is 3. The average molecular weight is 222 g/mol. The predicted octanol–water partition coefficient (Wildman–Crippen LogP) is 2.53. The van der Waals surface area contributed by atoms with Gasteiger partial charge in [-0.25, -0.2) is 4.39 Å². The van der Waals surface area contributed by atoms with Gasteiger partial charge in [0, 0.05) is 19.3 Å². The molecule has 0 unspecified atom stereocenters. The number of hydrogen-bond donors (Lipinski definition) is 1. The molecule has 0 heterocycles. The van der Waals surface area contributed by atoms with E-state index in [2.05, 4.69) is 5.32 Å². The standard InChI is InChI=1S/C12H15FN2O/c1-12(2,16-3)8-15-11-5-9(7-14)4-10(13)6-11/h4-6,15H,8H2,1-3H3. The highest BCUT2D eigenvalue weighted by molar-refractivity contribution is 5.49. The van der Waals surface area contributed by atoms with Crippen molar-refractivity contribution in [2.24, 2.45) is 0 Å². The van der Waals surface area contributed by atoms with Crippen LogP contribution >= 0.6 is 0 Å². The normalized spacial score (nSPS) is 10.9. The zero-order valence-electron chi connectivity index (χ0n) is 9.67. The quantitative estimate of drug-likeness (QED) is 0.851. The molecule has 0 aliphatic heterocycles. The fourth-order valence-electron chi connectivity index (χ4n) is 1.14. The lowest BCUT2D eigenvalue weighted by molar-refractivity contribution is 0.0344. The van der Waals surface area contributed by atoms with Crippen LogP contribution in [0.5, 0.6) is 0 Å². The maximum absolute atomic E-state index is 13.1. The minimum absolute atomic E-state index is 0.303. The first kappa shape index (κ1) is 12.5. The first-order valence-corrected chi connectivity index (χ1v) is 4.96. The predicted molar refractivity (Wildman–Crippen MR) is 60.7 cm³/mol. The summed E-state index contributed by atoms with van der Waals surface area (Å²) in [7, 11) is 1.62. The molecule has 0 fully saturated rings. The van der Waals surface area contributed by atoms with Crippen molar-refractivity contribution < 1.29 is 9.13 Å². The van der Waals surface area contributed by atoms with Gasteiger partial charge in [-0.3, -0.25) is 0 Å². The second kappa shape index (κ2) is 4.95. The molecular formula is C12H15FN2O. The molecule has 3 nitrogen and oxygen atoms in total. The largest absolute Gasteiger partial charge is 0.382 e. The molecule has 1 aromatic rings. The molecular weight excluding hydrogens is 207 g/mol. The SMILES string of the molecule is COC(C)(C)CNc1cc(F)cc(C#N)c1. The Morgan fingerprint density at radius 2 is 2.12 bits per heavy atom. The van der Waals surface area contributed by atoms with Crippen LogP contribution in [0.15, 0.2) is 18.2 Å². The lowest BCUT2D eigenvalue weighted by atomic mass is 10.1. The molecule has 1 rings (SSSR count). The van der Waals surface area contributed by atoms with Crippen LogP contribution in [0.2, 0.25) is 0 Å². The van der Waals surface area contributed by atoms with Crippen molar-refractivity contribution in [1.29, 1.82) is 5.26 Å². The summed E-state index contributed by atoms with van der Waals surface area (Å²) < 4.78 is 18.3. The van der Waals surface area contributed by atoms with Crippen LogP contribution < -0.4 is 5.32 Å². The van der Waals surface area contributed by atoms with Crippen molar-refractivity contribution >= 4 is 5.69 Å².